The van der Waals surface area contributed by atoms with Crippen LogP contribution in [-0.2, 0) is 11.2 Å². The van der Waals surface area contributed by atoms with Gasteiger partial charge in [0.1, 0.15) is 11.6 Å². The zero-order valence-electron chi connectivity index (χ0n) is 14.4. The molecular formula is C19H20ClN3O4. The number of carbonyl (C=O) groups excluding carboxylic acids is 1. The Morgan fingerprint density at radius 2 is 1.85 bits per heavy atom. The summed E-state index contributed by atoms with van der Waals surface area (Å²) in [6.45, 7) is 0.382. The SMILES string of the molecule is Cl.N=C(N)c1ccc(C(=O)Nc2ccc3c(c2)CC(CC(=O)O)CO3)cc1. The number of carbonyl (C=O) groups is 2. The zero-order chi connectivity index (χ0) is 18.7. The molecule has 2 aromatic carbocycles. The summed E-state index contributed by atoms with van der Waals surface area (Å²) in [7, 11) is 0. The minimum absolute atomic E-state index is 0. The number of aliphatic carboxylic acids is 1. The van der Waals surface area contributed by atoms with Gasteiger partial charge in [-0.2, -0.15) is 0 Å². The van der Waals surface area contributed by atoms with Crippen molar-refractivity contribution < 1.29 is 19.4 Å². The van der Waals surface area contributed by atoms with Crippen molar-refractivity contribution in [3.8, 4) is 5.75 Å². The number of carboxylic acid groups (broad SMARTS) is 1. The fourth-order valence-electron chi connectivity index (χ4n) is 2.92. The van der Waals surface area contributed by atoms with E-state index in [1.165, 1.54) is 0 Å². The van der Waals surface area contributed by atoms with Gasteiger partial charge in [-0.3, -0.25) is 15.0 Å². The summed E-state index contributed by atoms with van der Waals surface area (Å²) in [4.78, 5) is 23.2. The quantitative estimate of drug-likeness (QED) is 0.462. The highest BCUT2D eigenvalue weighted by molar-refractivity contribution is 6.05. The Kier molecular flexibility index (Phi) is 6.41. The van der Waals surface area contributed by atoms with Crippen LogP contribution in [0.15, 0.2) is 42.5 Å². The summed E-state index contributed by atoms with van der Waals surface area (Å²) in [5.74, 6) is -0.539. The lowest BCUT2D eigenvalue weighted by Crippen LogP contribution is -2.23. The van der Waals surface area contributed by atoms with Gasteiger partial charge in [0, 0.05) is 22.7 Å². The smallest absolute Gasteiger partial charge is 0.303 e. The molecule has 1 heterocycles. The number of nitrogens with two attached hydrogens (primary N) is 1. The summed E-state index contributed by atoms with van der Waals surface area (Å²) in [6, 6.07) is 11.8. The molecule has 1 atom stereocenters. The van der Waals surface area contributed by atoms with Crippen molar-refractivity contribution in [1.29, 1.82) is 5.41 Å². The van der Waals surface area contributed by atoms with E-state index in [0.29, 0.717) is 29.8 Å². The lowest BCUT2D eigenvalue weighted by molar-refractivity contribution is -0.138. The van der Waals surface area contributed by atoms with Crippen LogP contribution < -0.4 is 15.8 Å². The Morgan fingerprint density at radius 3 is 2.48 bits per heavy atom. The largest absolute Gasteiger partial charge is 0.493 e. The molecule has 1 aliphatic heterocycles. The molecule has 8 heteroatoms. The van der Waals surface area contributed by atoms with Crippen LogP contribution in [0.3, 0.4) is 0 Å². The summed E-state index contributed by atoms with van der Waals surface area (Å²) in [5.41, 5.74) is 7.90. The van der Waals surface area contributed by atoms with Crippen LogP contribution in [-0.4, -0.2) is 29.4 Å². The molecule has 0 aliphatic carbocycles. The monoisotopic (exact) mass is 389 g/mol. The van der Waals surface area contributed by atoms with Gasteiger partial charge < -0.3 is 20.9 Å². The maximum absolute atomic E-state index is 12.4. The molecule has 1 aliphatic rings. The van der Waals surface area contributed by atoms with Gasteiger partial charge in [-0.05, 0) is 42.3 Å². The van der Waals surface area contributed by atoms with E-state index in [0.717, 1.165) is 11.3 Å². The number of nitrogen functional groups attached to an aromatic ring is 1. The van der Waals surface area contributed by atoms with E-state index < -0.39 is 5.97 Å². The number of fused-ring (bicyclic) bond motifs is 1. The molecule has 27 heavy (non-hydrogen) atoms. The third-order valence-corrected chi connectivity index (χ3v) is 4.22. The van der Waals surface area contributed by atoms with Crippen molar-refractivity contribution in [3.05, 3.63) is 59.2 Å². The number of anilines is 1. The number of halogens is 1. The number of rotatable bonds is 5. The van der Waals surface area contributed by atoms with Crippen LogP contribution in [0.25, 0.3) is 0 Å². The second-order valence-electron chi connectivity index (χ2n) is 6.25. The lowest BCUT2D eigenvalue weighted by atomic mass is 9.94. The summed E-state index contributed by atoms with van der Waals surface area (Å²) >= 11 is 0. The predicted octanol–water partition coefficient (Wildman–Crippen LogP) is 2.67. The van der Waals surface area contributed by atoms with Crippen molar-refractivity contribution in [3.63, 3.8) is 0 Å². The van der Waals surface area contributed by atoms with Crippen LogP contribution in [0.1, 0.15) is 27.9 Å². The maximum Gasteiger partial charge on any atom is 0.303 e. The fraction of sp³-hybridized carbons (Fsp3) is 0.211. The van der Waals surface area contributed by atoms with E-state index >= 15 is 0 Å². The molecule has 5 N–H and O–H groups in total. The number of hydrogen-bond acceptors (Lipinski definition) is 4. The minimum Gasteiger partial charge on any atom is -0.493 e. The molecule has 0 bridgehead atoms. The molecule has 1 amide bonds. The maximum atomic E-state index is 12.4. The van der Waals surface area contributed by atoms with E-state index in [1.807, 2.05) is 6.07 Å². The molecular weight excluding hydrogens is 370 g/mol. The molecule has 0 fully saturated rings. The zero-order valence-corrected chi connectivity index (χ0v) is 15.2. The van der Waals surface area contributed by atoms with Gasteiger partial charge in [0.25, 0.3) is 5.91 Å². The molecule has 0 radical (unpaired) electrons. The Morgan fingerprint density at radius 1 is 1.19 bits per heavy atom. The molecule has 0 spiro atoms. The number of amidine groups is 1. The van der Waals surface area contributed by atoms with Crippen molar-refractivity contribution in [2.45, 2.75) is 12.8 Å². The third-order valence-electron chi connectivity index (χ3n) is 4.22. The molecule has 7 nitrogen and oxygen atoms in total. The van der Waals surface area contributed by atoms with Crippen LogP contribution in [0, 0.1) is 11.3 Å². The minimum atomic E-state index is -0.847. The Bertz CT molecular complexity index is 868. The van der Waals surface area contributed by atoms with Crippen molar-refractivity contribution in [2.75, 3.05) is 11.9 Å². The molecule has 0 saturated carbocycles. The number of carboxylic acids is 1. The standard InChI is InChI=1S/C19H19N3O4.ClH/c20-18(21)12-1-3-13(4-2-12)19(25)22-15-5-6-16-14(9-15)7-11(10-26-16)8-17(23)24;/h1-6,9,11H,7-8,10H2,(H3,20,21)(H,22,25)(H,23,24);1H. The number of benzene rings is 2. The molecule has 2 aromatic rings. The summed E-state index contributed by atoms with van der Waals surface area (Å²) in [6.07, 6.45) is 0.650. The first-order valence-electron chi connectivity index (χ1n) is 8.15. The first-order chi connectivity index (χ1) is 12.4. The number of amides is 1. The molecule has 1 unspecified atom stereocenters. The highest BCUT2D eigenvalue weighted by atomic mass is 35.5. The first-order valence-corrected chi connectivity index (χ1v) is 8.15. The van der Waals surface area contributed by atoms with E-state index in [9.17, 15) is 9.59 Å². The Labute approximate surface area is 162 Å². The van der Waals surface area contributed by atoms with Crippen molar-refractivity contribution >= 4 is 35.8 Å². The second kappa shape index (κ2) is 8.55. The van der Waals surface area contributed by atoms with Gasteiger partial charge in [0.05, 0.1) is 13.0 Å². The molecule has 3 rings (SSSR count). The highest BCUT2D eigenvalue weighted by Gasteiger charge is 2.22. The first kappa shape index (κ1) is 20.3. The normalized spacial score (nSPS) is 14.9. The number of hydrogen-bond donors (Lipinski definition) is 4. The average Bonchev–Trinajstić information content (AvgIpc) is 2.61. The van der Waals surface area contributed by atoms with Crippen LogP contribution in [0.5, 0.6) is 5.75 Å². The second-order valence-corrected chi connectivity index (χ2v) is 6.25. The van der Waals surface area contributed by atoms with Crippen LogP contribution >= 0.6 is 12.4 Å². The third kappa shape index (κ3) is 4.98. The molecule has 0 aromatic heterocycles. The van der Waals surface area contributed by atoms with Crippen LogP contribution in [0.2, 0.25) is 0 Å². The van der Waals surface area contributed by atoms with Gasteiger partial charge in [-0.15, -0.1) is 12.4 Å². The topological polar surface area (TPSA) is 126 Å². The van der Waals surface area contributed by atoms with Gasteiger partial charge in [0.2, 0.25) is 0 Å². The predicted molar refractivity (Wildman–Crippen MR) is 104 cm³/mol. The van der Waals surface area contributed by atoms with Gasteiger partial charge >= 0.3 is 5.97 Å². The summed E-state index contributed by atoms with van der Waals surface area (Å²) in [5, 5.41) is 19.1. The molecule has 142 valence electrons. The fourth-order valence-corrected chi connectivity index (χ4v) is 2.92. The van der Waals surface area contributed by atoms with E-state index in [4.69, 9.17) is 21.0 Å². The molecule has 0 saturated heterocycles. The van der Waals surface area contributed by atoms with Crippen molar-refractivity contribution in [2.24, 2.45) is 11.7 Å². The van der Waals surface area contributed by atoms with E-state index in [2.05, 4.69) is 5.32 Å². The summed E-state index contributed by atoms with van der Waals surface area (Å²) < 4.78 is 5.61. The number of nitrogens with one attached hydrogen (secondary N) is 2. The lowest BCUT2D eigenvalue weighted by Gasteiger charge is -2.24. The van der Waals surface area contributed by atoms with E-state index in [1.54, 1.807) is 36.4 Å². The number of ether oxygens (including phenoxy) is 1. The average molecular weight is 390 g/mol. The van der Waals surface area contributed by atoms with E-state index in [-0.39, 0.29) is 36.5 Å². The van der Waals surface area contributed by atoms with Gasteiger partial charge in [-0.1, -0.05) is 12.1 Å². The Hall–Kier alpha value is -3.06. The Balaban J connectivity index is 0.00000261. The highest BCUT2D eigenvalue weighted by Crippen LogP contribution is 2.31. The van der Waals surface area contributed by atoms with Crippen LogP contribution in [0.4, 0.5) is 5.69 Å². The van der Waals surface area contributed by atoms with Gasteiger partial charge in [0.15, 0.2) is 0 Å². The van der Waals surface area contributed by atoms with Crippen molar-refractivity contribution in [1.82, 2.24) is 0 Å². The van der Waals surface area contributed by atoms with Gasteiger partial charge in [-0.25, -0.2) is 0 Å².